The maximum absolute atomic E-state index is 13.8. The van der Waals surface area contributed by atoms with Gasteiger partial charge >= 0.3 is 5.97 Å². The van der Waals surface area contributed by atoms with Gasteiger partial charge in [-0.2, -0.15) is 0 Å². The van der Waals surface area contributed by atoms with Crippen LogP contribution in [0.3, 0.4) is 0 Å². The molecule has 2 aliphatic heterocycles. The predicted octanol–water partition coefficient (Wildman–Crippen LogP) is 3.90. The summed E-state index contributed by atoms with van der Waals surface area (Å²) in [6.07, 6.45) is 0. The number of carbonyl (C=O) groups is 3. The van der Waals surface area contributed by atoms with E-state index in [0.29, 0.717) is 5.69 Å². The molecule has 2 amide bonds. The van der Waals surface area contributed by atoms with Gasteiger partial charge in [-0.25, -0.2) is 9.69 Å². The lowest BCUT2D eigenvalue weighted by molar-refractivity contribution is -0.144. The summed E-state index contributed by atoms with van der Waals surface area (Å²) in [6.45, 7) is 1.95. The molecule has 0 N–H and O–H groups in total. The van der Waals surface area contributed by atoms with Crippen LogP contribution in [0.1, 0.15) is 17.2 Å². The highest BCUT2D eigenvalue weighted by Crippen LogP contribution is 2.52. The number of benzene rings is 3. The number of esters is 1. The van der Waals surface area contributed by atoms with Crippen molar-refractivity contribution < 1.29 is 19.1 Å². The van der Waals surface area contributed by atoms with Crippen LogP contribution in [0.4, 0.5) is 11.4 Å². The normalized spacial score (nSPS) is 24.2. The lowest BCUT2D eigenvalue weighted by atomic mass is 9.86. The van der Waals surface area contributed by atoms with Crippen molar-refractivity contribution >= 4 is 29.2 Å². The third-order valence-corrected chi connectivity index (χ3v) is 6.61. The van der Waals surface area contributed by atoms with E-state index in [4.69, 9.17) is 4.74 Å². The number of hydrogen-bond acceptors (Lipinski definition) is 5. The van der Waals surface area contributed by atoms with Crippen LogP contribution in [0, 0.1) is 18.8 Å². The van der Waals surface area contributed by atoms with Gasteiger partial charge in [-0.1, -0.05) is 66.2 Å². The van der Waals surface area contributed by atoms with Gasteiger partial charge in [0.05, 0.1) is 30.7 Å². The number of anilines is 2. The van der Waals surface area contributed by atoms with Crippen LogP contribution in [-0.4, -0.2) is 30.9 Å². The van der Waals surface area contributed by atoms with E-state index >= 15 is 0 Å². The van der Waals surface area contributed by atoms with E-state index in [1.54, 1.807) is 12.1 Å². The van der Waals surface area contributed by atoms with E-state index in [9.17, 15) is 14.4 Å². The Morgan fingerprint density at radius 2 is 1.33 bits per heavy atom. The molecule has 33 heavy (non-hydrogen) atoms. The van der Waals surface area contributed by atoms with Crippen LogP contribution in [0.5, 0.6) is 0 Å². The van der Waals surface area contributed by atoms with Gasteiger partial charge in [0.2, 0.25) is 11.8 Å². The van der Waals surface area contributed by atoms with Crippen molar-refractivity contribution in [1.29, 1.82) is 0 Å². The van der Waals surface area contributed by atoms with Gasteiger partial charge < -0.3 is 9.64 Å². The molecule has 3 aromatic rings. The summed E-state index contributed by atoms with van der Waals surface area (Å²) in [5, 5.41) is 0. The number of nitrogens with zero attached hydrogens (tertiary/aromatic N) is 2. The molecule has 4 atom stereocenters. The average Bonchev–Trinajstić information content (AvgIpc) is 3.33. The molecule has 0 radical (unpaired) electrons. The lowest BCUT2D eigenvalue weighted by Gasteiger charge is -2.34. The fourth-order valence-electron chi connectivity index (χ4n) is 5.16. The molecule has 166 valence electrons. The number of hydrogen-bond donors (Lipinski definition) is 0. The van der Waals surface area contributed by atoms with Crippen molar-refractivity contribution in [3.63, 3.8) is 0 Å². The molecule has 0 aliphatic carbocycles. The molecule has 0 bridgehead atoms. The second-order valence-corrected chi connectivity index (χ2v) is 8.47. The molecule has 0 spiro atoms. The Balaban J connectivity index is 1.69. The SMILES string of the molecule is COC(=O)[C@@H]1[C@H]2C(=O)N(c3ccc(C)cc3)C(=O)[C@H]2[C@@H](c2ccccc2)N1c1ccccc1. The van der Waals surface area contributed by atoms with E-state index in [2.05, 4.69) is 0 Å². The zero-order valence-corrected chi connectivity index (χ0v) is 18.4. The number of fused-ring (bicyclic) bond motifs is 1. The lowest BCUT2D eigenvalue weighted by Crippen LogP contribution is -2.46. The molecule has 3 aromatic carbocycles. The van der Waals surface area contributed by atoms with Gasteiger partial charge in [0.1, 0.15) is 6.04 Å². The average molecular weight is 440 g/mol. The first-order valence-corrected chi connectivity index (χ1v) is 10.9. The van der Waals surface area contributed by atoms with E-state index in [0.717, 1.165) is 16.8 Å². The standard InChI is InChI=1S/C27H24N2O4/c1-17-13-15-20(16-14-17)29-25(30)21-22(26(29)31)24(27(32)33-2)28(19-11-7-4-8-12-19)23(21)18-9-5-3-6-10-18/h3-16,21-24H,1-2H3/t21-,22+,23-,24+/m1/s1. The van der Waals surface area contributed by atoms with Crippen molar-refractivity contribution in [3.05, 3.63) is 96.1 Å². The van der Waals surface area contributed by atoms with Crippen molar-refractivity contribution in [2.24, 2.45) is 11.8 Å². The van der Waals surface area contributed by atoms with E-state index in [1.165, 1.54) is 12.0 Å². The summed E-state index contributed by atoms with van der Waals surface area (Å²) in [7, 11) is 1.31. The largest absolute Gasteiger partial charge is 0.467 e. The first-order chi connectivity index (χ1) is 16.0. The molecule has 6 nitrogen and oxygen atoms in total. The first kappa shape index (κ1) is 20.9. The van der Waals surface area contributed by atoms with Crippen molar-refractivity contribution in [2.75, 3.05) is 16.9 Å². The maximum Gasteiger partial charge on any atom is 0.329 e. The zero-order chi connectivity index (χ0) is 23.1. The molecule has 0 saturated carbocycles. The highest BCUT2D eigenvalue weighted by molar-refractivity contribution is 6.24. The highest BCUT2D eigenvalue weighted by atomic mass is 16.5. The summed E-state index contributed by atoms with van der Waals surface area (Å²) in [4.78, 5) is 43.8. The number of amides is 2. The molecule has 2 aliphatic rings. The van der Waals surface area contributed by atoms with Gasteiger partial charge in [-0.05, 0) is 36.8 Å². The summed E-state index contributed by atoms with van der Waals surface area (Å²) in [5.74, 6) is -2.76. The minimum atomic E-state index is -0.917. The van der Waals surface area contributed by atoms with Crippen molar-refractivity contribution in [1.82, 2.24) is 0 Å². The number of para-hydroxylation sites is 1. The Morgan fingerprint density at radius 3 is 1.94 bits per heavy atom. The third kappa shape index (κ3) is 3.30. The fourth-order valence-corrected chi connectivity index (χ4v) is 5.16. The second kappa shape index (κ2) is 8.20. The Bertz CT molecular complexity index is 1190. The highest BCUT2D eigenvalue weighted by Gasteiger charge is 2.65. The number of imide groups is 1. The minimum absolute atomic E-state index is 0.296. The molecule has 2 fully saturated rings. The topological polar surface area (TPSA) is 66.9 Å². The van der Waals surface area contributed by atoms with Gasteiger partial charge in [-0.3, -0.25) is 9.59 Å². The van der Waals surface area contributed by atoms with E-state index in [-0.39, 0.29) is 11.8 Å². The van der Waals surface area contributed by atoms with E-state index < -0.39 is 29.9 Å². The van der Waals surface area contributed by atoms with E-state index in [1.807, 2.05) is 84.6 Å². The molecule has 0 unspecified atom stereocenters. The molecular weight excluding hydrogens is 416 g/mol. The van der Waals surface area contributed by atoms with Crippen LogP contribution in [0.15, 0.2) is 84.9 Å². The Hall–Kier alpha value is -3.93. The van der Waals surface area contributed by atoms with Gasteiger partial charge in [0.15, 0.2) is 0 Å². The Morgan fingerprint density at radius 1 is 0.758 bits per heavy atom. The Kier molecular flexibility index (Phi) is 5.21. The van der Waals surface area contributed by atoms with Crippen LogP contribution in [0.2, 0.25) is 0 Å². The smallest absolute Gasteiger partial charge is 0.329 e. The minimum Gasteiger partial charge on any atom is -0.467 e. The molecule has 2 heterocycles. The van der Waals surface area contributed by atoms with Gasteiger partial charge in [0, 0.05) is 5.69 Å². The number of ether oxygens (including phenoxy) is 1. The van der Waals surface area contributed by atoms with Gasteiger partial charge in [0.25, 0.3) is 0 Å². The first-order valence-electron chi connectivity index (χ1n) is 10.9. The van der Waals surface area contributed by atoms with Crippen LogP contribution in [-0.2, 0) is 19.1 Å². The summed E-state index contributed by atoms with van der Waals surface area (Å²) < 4.78 is 5.16. The van der Waals surface area contributed by atoms with Crippen molar-refractivity contribution in [2.45, 2.75) is 19.0 Å². The molecule has 5 rings (SSSR count). The second-order valence-electron chi connectivity index (χ2n) is 8.47. The number of carbonyl (C=O) groups excluding carboxylic acids is 3. The molecule has 0 aromatic heterocycles. The number of rotatable bonds is 4. The van der Waals surface area contributed by atoms with Crippen LogP contribution in [0.25, 0.3) is 0 Å². The van der Waals surface area contributed by atoms with Crippen LogP contribution < -0.4 is 9.80 Å². The Labute approximate surface area is 192 Å². The number of methoxy groups -OCH3 is 1. The summed E-state index contributed by atoms with van der Waals surface area (Å²) in [6, 6.07) is 24.9. The van der Waals surface area contributed by atoms with Gasteiger partial charge in [-0.15, -0.1) is 0 Å². The quantitative estimate of drug-likeness (QED) is 0.455. The van der Waals surface area contributed by atoms with Crippen LogP contribution >= 0.6 is 0 Å². The third-order valence-electron chi connectivity index (χ3n) is 6.61. The molecule has 2 saturated heterocycles. The number of aryl methyl sites for hydroxylation is 1. The summed E-state index contributed by atoms with van der Waals surface area (Å²) >= 11 is 0. The van der Waals surface area contributed by atoms with Crippen molar-refractivity contribution in [3.8, 4) is 0 Å². The maximum atomic E-state index is 13.8. The monoisotopic (exact) mass is 440 g/mol. The molecular formula is C27H24N2O4. The summed E-state index contributed by atoms with van der Waals surface area (Å²) in [5.41, 5.74) is 3.18. The zero-order valence-electron chi connectivity index (χ0n) is 18.4. The fraction of sp³-hybridized carbons (Fsp3) is 0.222. The predicted molar refractivity (Wildman–Crippen MR) is 125 cm³/mol. The molecule has 6 heteroatoms.